The van der Waals surface area contributed by atoms with Crippen molar-refractivity contribution in [3.8, 4) is 0 Å². The number of fused-ring (bicyclic) bond motifs is 1. The van der Waals surface area contributed by atoms with Crippen molar-refractivity contribution in [3.63, 3.8) is 0 Å². The Morgan fingerprint density at radius 1 is 1.06 bits per heavy atom. The molecule has 3 aromatic rings. The third kappa shape index (κ3) is 5.20. The number of aromatic nitrogens is 1. The summed E-state index contributed by atoms with van der Waals surface area (Å²) in [6, 6.07) is 8.90. The van der Waals surface area contributed by atoms with Crippen LogP contribution in [0.1, 0.15) is 43.5 Å². The molecule has 2 aromatic heterocycles. The second-order valence-electron chi connectivity index (χ2n) is 8.06. The topological polar surface area (TPSA) is 113 Å². The minimum absolute atomic E-state index is 0.122. The lowest BCUT2D eigenvalue weighted by molar-refractivity contribution is -0.239. The predicted octanol–water partition coefficient (Wildman–Crippen LogP) is 3.76. The molecule has 5 atom stereocenters. The minimum atomic E-state index is -1.16. The van der Waals surface area contributed by atoms with E-state index in [0.717, 1.165) is 4.88 Å². The molecule has 11 heteroatoms. The van der Waals surface area contributed by atoms with Crippen molar-refractivity contribution in [2.45, 2.75) is 51.4 Å². The fourth-order valence-electron chi connectivity index (χ4n) is 4.28. The van der Waals surface area contributed by atoms with Crippen LogP contribution >= 0.6 is 22.9 Å². The Morgan fingerprint density at radius 2 is 1.74 bits per heavy atom. The van der Waals surface area contributed by atoms with Crippen molar-refractivity contribution in [2.75, 3.05) is 6.61 Å². The van der Waals surface area contributed by atoms with Crippen LogP contribution in [-0.4, -0.2) is 52.5 Å². The van der Waals surface area contributed by atoms with Crippen molar-refractivity contribution >= 4 is 51.7 Å². The Balaban J connectivity index is 1.84. The lowest BCUT2D eigenvalue weighted by Gasteiger charge is -2.41. The maximum Gasteiger partial charge on any atom is 0.303 e. The van der Waals surface area contributed by atoms with Crippen LogP contribution in [0.5, 0.6) is 0 Å². The molecule has 0 bridgehead atoms. The molecule has 0 radical (unpaired) electrons. The van der Waals surface area contributed by atoms with Crippen molar-refractivity contribution < 1.29 is 38.4 Å². The van der Waals surface area contributed by atoms with E-state index in [1.54, 1.807) is 29.0 Å². The Kier molecular flexibility index (Phi) is 7.46. The Morgan fingerprint density at radius 3 is 2.37 bits per heavy atom. The number of esters is 3. The quantitative estimate of drug-likeness (QED) is 0.385. The number of aliphatic hydroxyl groups is 1. The molecule has 0 aliphatic carbocycles. The van der Waals surface area contributed by atoms with Gasteiger partial charge in [0.05, 0.1) is 17.1 Å². The first-order valence-electron chi connectivity index (χ1n) is 10.8. The first kappa shape index (κ1) is 25.2. The molecule has 1 saturated heterocycles. The van der Waals surface area contributed by atoms with Crippen LogP contribution in [0.4, 0.5) is 0 Å². The zero-order valence-corrected chi connectivity index (χ0v) is 20.7. The highest BCUT2D eigenvalue weighted by Gasteiger charge is 2.48. The van der Waals surface area contributed by atoms with E-state index in [1.165, 1.54) is 32.1 Å². The number of carbonyl (C=O) groups excluding carboxylic acids is 3. The number of halogens is 1. The third-order valence-corrected chi connectivity index (χ3v) is 6.78. The van der Waals surface area contributed by atoms with Crippen LogP contribution in [0, 0.1) is 0 Å². The zero-order chi connectivity index (χ0) is 25.3. The Labute approximate surface area is 210 Å². The highest BCUT2D eigenvalue weighted by atomic mass is 35.5. The molecule has 1 unspecified atom stereocenters. The van der Waals surface area contributed by atoms with Gasteiger partial charge in [-0.05, 0) is 23.6 Å². The van der Waals surface area contributed by atoms with E-state index >= 15 is 0 Å². The van der Waals surface area contributed by atoms with Gasteiger partial charge in [-0.25, -0.2) is 0 Å². The number of hydrogen-bond donors (Lipinski definition) is 1. The van der Waals surface area contributed by atoms with Crippen molar-refractivity contribution in [3.05, 3.63) is 57.4 Å². The smallest absolute Gasteiger partial charge is 0.303 e. The lowest BCUT2D eigenvalue weighted by Crippen LogP contribution is -2.55. The molecule has 3 heterocycles. The summed E-state index contributed by atoms with van der Waals surface area (Å²) in [5, 5.41) is 14.0. The number of hydrogen-bond acceptors (Lipinski definition) is 9. The number of nitrogens with zero attached hydrogens (tertiary/aromatic N) is 1. The number of benzene rings is 1. The van der Waals surface area contributed by atoms with E-state index in [4.69, 9.17) is 30.5 Å². The summed E-state index contributed by atoms with van der Waals surface area (Å²) in [5.41, 5.74) is 1.14. The minimum Gasteiger partial charge on any atom is -0.456 e. The van der Waals surface area contributed by atoms with Gasteiger partial charge in [0.1, 0.15) is 6.10 Å². The zero-order valence-electron chi connectivity index (χ0n) is 19.2. The van der Waals surface area contributed by atoms with E-state index in [-0.39, 0.29) is 6.61 Å². The summed E-state index contributed by atoms with van der Waals surface area (Å²) < 4.78 is 24.0. The van der Waals surface area contributed by atoms with Gasteiger partial charge >= 0.3 is 17.9 Å². The summed E-state index contributed by atoms with van der Waals surface area (Å²) in [6.07, 6.45) is -3.53. The van der Waals surface area contributed by atoms with Crippen molar-refractivity contribution in [1.29, 1.82) is 0 Å². The summed E-state index contributed by atoms with van der Waals surface area (Å²) in [5.74, 6) is -1.88. The van der Waals surface area contributed by atoms with Crippen LogP contribution in [0.3, 0.4) is 0 Å². The first-order chi connectivity index (χ1) is 16.7. The molecule has 1 aliphatic rings. The number of thiophene rings is 1. The second-order valence-corrected chi connectivity index (χ2v) is 9.45. The van der Waals surface area contributed by atoms with Gasteiger partial charge in [0.15, 0.2) is 24.5 Å². The van der Waals surface area contributed by atoms with Gasteiger partial charge in [-0.3, -0.25) is 14.4 Å². The van der Waals surface area contributed by atoms with Gasteiger partial charge in [0.25, 0.3) is 0 Å². The molecule has 1 fully saturated rings. The summed E-state index contributed by atoms with van der Waals surface area (Å²) in [6.45, 7) is 3.52. The molecule has 1 aromatic carbocycles. The average molecular weight is 522 g/mol. The van der Waals surface area contributed by atoms with Gasteiger partial charge in [-0.1, -0.05) is 23.7 Å². The standard InChI is InChI=1S/C24H24ClNO8S/c1-12(27)32-18-11-31-24(23(34-14(3)29)22(18)33-13(2)28)26-10-15(21(30)19-8-5-9-35-19)20-16(25)6-4-7-17(20)26/h4-10,18,21-24,30H,11H2,1-3H3/t18-,21?,22+,23-,24-/m1/s1. The monoisotopic (exact) mass is 521 g/mol. The molecule has 35 heavy (non-hydrogen) atoms. The maximum atomic E-state index is 12.0. The largest absolute Gasteiger partial charge is 0.456 e. The summed E-state index contributed by atoms with van der Waals surface area (Å²) in [4.78, 5) is 36.3. The second kappa shape index (κ2) is 10.4. The molecule has 1 N–H and O–H groups in total. The Bertz CT molecular complexity index is 1240. The molecule has 9 nitrogen and oxygen atoms in total. The fraction of sp³-hybridized carbons (Fsp3) is 0.375. The SMILES string of the molecule is CC(=O)O[C@@H]1[C@@H](OC(C)=O)[C@H](OC(C)=O)CO[C@H]1n1cc(C(O)c2cccs2)c2c(Cl)cccc21. The van der Waals surface area contributed by atoms with E-state index < -0.39 is 48.6 Å². The number of rotatable bonds is 6. The molecule has 186 valence electrons. The molecular weight excluding hydrogens is 498 g/mol. The fourth-order valence-corrected chi connectivity index (χ4v) is 5.28. The third-order valence-electron chi connectivity index (χ3n) is 5.54. The number of aliphatic hydroxyl groups excluding tert-OH is 1. The van der Waals surface area contributed by atoms with Crippen LogP contribution < -0.4 is 0 Å². The van der Waals surface area contributed by atoms with Gasteiger partial charge in [-0.2, -0.15) is 0 Å². The molecule has 0 saturated carbocycles. The van der Waals surface area contributed by atoms with E-state index in [0.29, 0.717) is 21.5 Å². The van der Waals surface area contributed by atoms with Crippen molar-refractivity contribution in [1.82, 2.24) is 4.57 Å². The van der Waals surface area contributed by atoms with Crippen molar-refractivity contribution in [2.24, 2.45) is 0 Å². The normalized spacial score (nSPS) is 23.0. The lowest BCUT2D eigenvalue weighted by atomic mass is 10.0. The molecule has 0 amide bonds. The summed E-state index contributed by atoms with van der Waals surface area (Å²) in [7, 11) is 0. The predicted molar refractivity (Wildman–Crippen MR) is 127 cm³/mol. The van der Waals surface area contributed by atoms with Crippen LogP contribution in [-0.2, 0) is 33.3 Å². The molecule has 4 rings (SSSR count). The van der Waals surface area contributed by atoms with Gasteiger partial charge in [0.2, 0.25) is 0 Å². The molecule has 1 aliphatic heterocycles. The van der Waals surface area contributed by atoms with E-state index in [2.05, 4.69) is 0 Å². The average Bonchev–Trinajstić information content (AvgIpc) is 3.44. The van der Waals surface area contributed by atoms with E-state index in [1.807, 2.05) is 17.5 Å². The van der Waals surface area contributed by atoms with Crippen LogP contribution in [0.25, 0.3) is 10.9 Å². The van der Waals surface area contributed by atoms with Crippen LogP contribution in [0.15, 0.2) is 41.9 Å². The first-order valence-corrected chi connectivity index (χ1v) is 12.1. The Hall–Kier alpha value is -2.92. The van der Waals surface area contributed by atoms with Gasteiger partial charge in [0, 0.05) is 42.8 Å². The highest BCUT2D eigenvalue weighted by molar-refractivity contribution is 7.10. The highest BCUT2D eigenvalue weighted by Crippen LogP contribution is 2.40. The van der Waals surface area contributed by atoms with Gasteiger partial charge < -0.3 is 28.6 Å². The number of ether oxygens (including phenoxy) is 4. The molecular formula is C24H24ClNO8S. The number of carbonyl (C=O) groups is 3. The van der Waals surface area contributed by atoms with E-state index in [9.17, 15) is 19.5 Å². The summed E-state index contributed by atoms with van der Waals surface area (Å²) >= 11 is 7.94. The maximum absolute atomic E-state index is 12.0. The van der Waals surface area contributed by atoms with Gasteiger partial charge in [-0.15, -0.1) is 11.3 Å². The molecule has 0 spiro atoms. The van der Waals surface area contributed by atoms with Crippen LogP contribution in [0.2, 0.25) is 5.02 Å².